The Balaban J connectivity index is 1.96. The van der Waals surface area contributed by atoms with Gasteiger partial charge in [-0.2, -0.15) is 0 Å². The van der Waals surface area contributed by atoms with Crippen LogP contribution >= 0.6 is 15.9 Å². The zero-order valence-electron chi connectivity index (χ0n) is 10.9. The highest BCUT2D eigenvalue weighted by molar-refractivity contribution is 9.10. The average molecular weight is 336 g/mol. The van der Waals surface area contributed by atoms with Gasteiger partial charge < -0.3 is 5.32 Å². The second-order valence-electron chi connectivity index (χ2n) is 4.97. The molecular formula is C15H15BrFN3. The number of piperidine rings is 1. The van der Waals surface area contributed by atoms with Crippen LogP contribution in [0.5, 0.6) is 0 Å². The summed E-state index contributed by atoms with van der Waals surface area (Å²) in [7, 11) is 0. The lowest BCUT2D eigenvalue weighted by Gasteiger charge is -2.21. The highest BCUT2D eigenvalue weighted by Gasteiger charge is 2.18. The van der Waals surface area contributed by atoms with Gasteiger partial charge in [0.15, 0.2) is 0 Å². The summed E-state index contributed by atoms with van der Waals surface area (Å²) in [5.41, 5.74) is 1.14. The van der Waals surface area contributed by atoms with E-state index in [-0.39, 0.29) is 5.82 Å². The topological polar surface area (TPSA) is 37.8 Å². The van der Waals surface area contributed by atoms with Crippen molar-refractivity contribution in [1.29, 1.82) is 0 Å². The van der Waals surface area contributed by atoms with Gasteiger partial charge in [0.1, 0.15) is 11.6 Å². The van der Waals surface area contributed by atoms with Crippen LogP contribution in [0.2, 0.25) is 0 Å². The van der Waals surface area contributed by atoms with E-state index in [4.69, 9.17) is 0 Å². The fourth-order valence-corrected chi connectivity index (χ4v) is 2.85. The van der Waals surface area contributed by atoms with Gasteiger partial charge in [0.2, 0.25) is 0 Å². The van der Waals surface area contributed by atoms with Gasteiger partial charge in [0.25, 0.3) is 0 Å². The third-order valence-electron chi connectivity index (χ3n) is 3.54. The largest absolute Gasteiger partial charge is 0.316 e. The summed E-state index contributed by atoms with van der Waals surface area (Å²) in [5.74, 6) is 0.854. The van der Waals surface area contributed by atoms with E-state index in [9.17, 15) is 4.39 Å². The van der Waals surface area contributed by atoms with Crippen molar-refractivity contribution < 1.29 is 4.39 Å². The van der Waals surface area contributed by atoms with E-state index in [0.29, 0.717) is 17.2 Å². The Morgan fingerprint density at radius 2 is 2.20 bits per heavy atom. The molecule has 1 fully saturated rings. The molecule has 0 radical (unpaired) electrons. The molecule has 1 aliphatic heterocycles. The standard InChI is InChI=1S/C15H15BrFN3/c16-11-3-4-13(17)12(8-11)14-5-7-19-15(20-14)10-2-1-6-18-9-10/h3-5,7-8,10,18H,1-2,6,9H2. The molecule has 1 aromatic heterocycles. The normalized spacial score (nSPS) is 19.0. The van der Waals surface area contributed by atoms with Crippen LogP contribution in [-0.4, -0.2) is 23.1 Å². The number of nitrogens with one attached hydrogen (secondary N) is 1. The monoisotopic (exact) mass is 335 g/mol. The molecule has 1 aromatic carbocycles. The molecule has 0 amide bonds. The predicted octanol–water partition coefficient (Wildman–Crippen LogP) is 3.51. The number of rotatable bonds is 2. The summed E-state index contributed by atoms with van der Waals surface area (Å²) in [6.45, 7) is 1.95. The van der Waals surface area contributed by atoms with Crippen molar-refractivity contribution in [3.63, 3.8) is 0 Å². The maximum absolute atomic E-state index is 13.9. The number of halogens is 2. The van der Waals surface area contributed by atoms with E-state index in [1.807, 2.05) is 0 Å². The number of aromatic nitrogens is 2. The van der Waals surface area contributed by atoms with Gasteiger partial charge >= 0.3 is 0 Å². The summed E-state index contributed by atoms with van der Waals surface area (Å²) in [4.78, 5) is 8.91. The molecule has 5 heteroatoms. The van der Waals surface area contributed by atoms with Crippen LogP contribution in [0.4, 0.5) is 4.39 Å². The summed E-state index contributed by atoms with van der Waals surface area (Å²) < 4.78 is 14.8. The Morgan fingerprint density at radius 3 is 3.00 bits per heavy atom. The van der Waals surface area contributed by atoms with Crippen molar-refractivity contribution >= 4 is 15.9 Å². The molecule has 0 saturated carbocycles. The molecule has 20 heavy (non-hydrogen) atoms. The fraction of sp³-hybridized carbons (Fsp3) is 0.333. The fourth-order valence-electron chi connectivity index (χ4n) is 2.49. The predicted molar refractivity (Wildman–Crippen MR) is 80.0 cm³/mol. The average Bonchev–Trinajstić information content (AvgIpc) is 2.51. The molecule has 1 aliphatic rings. The first-order valence-corrected chi connectivity index (χ1v) is 7.52. The summed E-state index contributed by atoms with van der Waals surface area (Å²) in [5, 5.41) is 3.35. The number of benzene rings is 1. The van der Waals surface area contributed by atoms with Crippen LogP contribution in [-0.2, 0) is 0 Å². The van der Waals surface area contributed by atoms with Crippen LogP contribution < -0.4 is 5.32 Å². The second kappa shape index (κ2) is 5.97. The van der Waals surface area contributed by atoms with Gasteiger partial charge in [0, 0.05) is 28.7 Å². The minimum atomic E-state index is -0.264. The summed E-state index contributed by atoms with van der Waals surface area (Å²) >= 11 is 3.37. The molecule has 2 aromatic rings. The van der Waals surface area contributed by atoms with Crippen LogP contribution in [0.25, 0.3) is 11.3 Å². The molecule has 3 nitrogen and oxygen atoms in total. The molecule has 3 rings (SSSR count). The Bertz CT molecular complexity index is 612. The first-order chi connectivity index (χ1) is 9.74. The maximum atomic E-state index is 13.9. The van der Waals surface area contributed by atoms with E-state index >= 15 is 0 Å². The maximum Gasteiger partial charge on any atom is 0.133 e. The minimum absolute atomic E-state index is 0.264. The van der Waals surface area contributed by atoms with Crippen molar-refractivity contribution in [2.24, 2.45) is 0 Å². The molecule has 1 N–H and O–H groups in total. The molecule has 1 saturated heterocycles. The van der Waals surface area contributed by atoms with Gasteiger partial charge in [-0.25, -0.2) is 14.4 Å². The SMILES string of the molecule is Fc1ccc(Br)cc1-c1ccnc(C2CCCNC2)n1. The van der Waals surface area contributed by atoms with Gasteiger partial charge in [-0.05, 0) is 43.7 Å². The quantitative estimate of drug-likeness (QED) is 0.912. The lowest BCUT2D eigenvalue weighted by atomic mass is 9.98. The van der Waals surface area contributed by atoms with Gasteiger partial charge in [0.05, 0.1) is 5.69 Å². The highest BCUT2D eigenvalue weighted by atomic mass is 79.9. The van der Waals surface area contributed by atoms with Crippen molar-refractivity contribution in [1.82, 2.24) is 15.3 Å². The van der Waals surface area contributed by atoms with Gasteiger partial charge in [-0.15, -0.1) is 0 Å². The minimum Gasteiger partial charge on any atom is -0.316 e. The lowest BCUT2D eigenvalue weighted by molar-refractivity contribution is 0.446. The first kappa shape index (κ1) is 13.6. The van der Waals surface area contributed by atoms with Gasteiger partial charge in [-0.3, -0.25) is 0 Å². The Labute approximate surface area is 125 Å². The number of hydrogen-bond donors (Lipinski definition) is 1. The Kier molecular flexibility index (Phi) is 4.08. The molecule has 1 unspecified atom stereocenters. The van der Waals surface area contributed by atoms with E-state index in [2.05, 4.69) is 31.2 Å². The van der Waals surface area contributed by atoms with Gasteiger partial charge in [-0.1, -0.05) is 15.9 Å². The highest BCUT2D eigenvalue weighted by Crippen LogP contribution is 2.26. The van der Waals surface area contributed by atoms with Crippen molar-refractivity contribution in [2.75, 3.05) is 13.1 Å². The molecule has 0 bridgehead atoms. The number of nitrogens with zero attached hydrogens (tertiary/aromatic N) is 2. The smallest absolute Gasteiger partial charge is 0.133 e. The lowest BCUT2D eigenvalue weighted by Crippen LogP contribution is -2.29. The Hall–Kier alpha value is -1.33. The molecule has 0 spiro atoms. The molecule has 0 aliphatic carbocycles. The molecular weight excluding hydrogens is 321 g/mol. The molecule has 2 heterocycles. The molecule has 1 atom stereocenters. The third-order valence-corrected chi connectivity index (χ3v) is 4.03. The van der Waals surface area contributed by atoms with E-state index in [0.717, 1.165) is 36.2 Å². The van der Waals surface area contributed by atoms with E-state index in [1.165, 1.54) is 6.07 Å². The summed E-state index contributed by atoms with van der Waals surface area (Å²) in [6, 6.07) is 6.64. The Morgan fingerprint density at radius 1 is 1.30 bits per heavy atom. The molecule has 104 valence electrons. The van der Waals surface area contributed by atoms with Crippen LogP contribution in [0.1, 0.15) is 24.6 Å². The first-order valence-electron chi connectivity index (χ1n) is 6.73. The van der Waals surface area contributed by atoms with Crippen molar-refractivity contribution in [3.05, 3.63) is 46.6 Å². The van der Waals surface area contributed by atoms with Crippen LogP contribution in [0.3, 0.4) is 0 Å². The van der Waals surface area contributed by atoms with E-state index < -0.39 is 0 Å². The van der Waals surface area contributed by atoms with Crippen molar-refractivity contribution in [3.8, 4) is 11.3 Å². The van der Waals surface area contributed by atoms with Crippen LogP contribution in [0, 0.1) is 5.82 Å². The third kappa shape index (κ3) is 2.88. The zero-order chi connectivity index (χ0) is 13.9. The van der Waals surface area contributed by atoms with E-state index in [1.54, 1.807) is 24.4 Å². The van der Waals surface area contributed by atoms with Crippen molar-refractivity contribution in [2.45, 2.75) is 18.8 Å². The summed E-state index contributed by atoms with van der Waals surface area (Å²) in [6.07, 6.45) is 3.92. The van der Waals surface area contributed by atoms with Crippen LogP contribution in [0.15, 0.2) is 34.9 Å². The number of hydrogen-bond acceptors (Lipinski definition) is 3. The second-order valence-corrected chi connectivity index (χ2v) is 5.88. The zero-order valence-corrected chi connectivity index (χ0v) is 12.5.